The second-order valence-corrected chi connectivity index (χ2v) is 7.87. The molecule has 0 spiro atoms. The lowest BCUT2D eigenvalue weighted by atomic mass is 10.0. The van der Waals surface area contributed by atoms with Gasteiger partial charge in [-0.3, -0.25) is 0 Å². The van der Waals surface area contributed by atoms with E-state index in [1.54, 1.807) is 0 Å². The minimum Gasteiger partial charge on any atom is -0.506 e. The van der Waals surface area contributed by atoms with Crippen LogP contribution in [0, 0.1) is 0 Å². The first kappa shape index (κ1) is 17.1. The molecule has 110 valence electrons. The van der Waals surface area contributed by atoms with Crippen LogP contribution in [0.5, 0.6) is 11.5 Å². The van der Waals surface area contributed by atoms with E-state index in [0.717, 1.165) is 16.7 Å². The van der Waals surface area contributed by atoms with Crippen molar-refractivity contribution in [1.29, 1.82) is 0 Å². The Kier molecular flexibility index (Phi) is 5.57. The zero-order valence-corrected chi connectivity index (χ0v) is 17.1. The summed E-state index contributed by atoms with van der Waals surface area (Å²) in [6, 6.07) is 7.40. The Morgan fingerprint density at radius 1 is 0.810 bits per heavy atom. The maximum absolute atomic E-state index is 9.75. The van der Waals surface area contributed by atoms with E-state index >= 15 is 0 Å². The van der Waals surface area contributed by atoms with E-state index in [1.807, 2.05) is 37.3 Å². The molecule has 0 aromatic heterocycles. The average molecular weight is 542 g/mol. The zero-order chi connectivity index (χ0) is 15.7. The van der Waals surface area contributed by atoms with Gasteiger partial charge in [-0.2, -0.15) is 0 Å². The number of hydrogen-bond acceptors (Lipinski definition) is 2. The van der Waals surface area contributed by atoms with Gasteiger partial charge in [0.25, 0.3) is 0 Å². The molecule has 21 heavy (non-hydrogen) atoms. The monoisotopic (exact) mass is 538 g/mol. The molecule has 0 fully saturated rings. The standard InChI is InChI=1S/C15H10Br4O2/c1-7(9-5-12(18)15(21)13(19)6-9)2-8-3-10(16)14(20)11(17)4-8/h2-6,20-21H,1H3. The molecule has 0 heterocycles. The van der Waals surface area contributed by atoms with Crippen molar-refractivity contribution in [2.24, 2.45) is 0 Å². The third kappa shape index (κ3) is 3.92. The fourth-order valence-electron chi connectivity index (χ4n) is 1.79. The zero-order valence-electron chi connectivity index (χ0n) is 10.8. The SMILES string of the molecule is CC(=Cc1cc(Br)c(O)c(Br)c1)c1cc(Br)c(O)c(Br)c1. The van der Waals surface area contributed by atoms with Gasteiger partial charge in [-0.05, 0) is 112 Å². The van der Waals surface area contributed by atoms with Crippen LogP contribution in [-0.4, -0.2) is 10.2 Å². The van der Waals surface area contributed by atoms with Gasteiger partial charge < -0.3 is 10.2 Å². The van der Waals surface area contributed by atoms with Gasteiger partial charge in [0.1, 0.15) is 11.5 Å². The highest BCUT2D eigenvalue weighted by Gasteiger charge is 2.08. The van der Waals surface area contributed by atoms with Crippen LogP contribution in [-0.2, 0) is 0 Å². The molecule has 0 aliphatic carbocycles. The molecular formula is C15H10Br4O2. The van der Waals surface area contributed by atoms with Crippen molar-refractivity contribution in [3.63, 3.8) is 0 Å². The number of rotatable bonds is 2. The van der Waals surface area contributed by atoms with E-state index in [2.05, 4.69) is 63.7 Å². The quantitative estimate of drug-likeness (QED) is 0.415. The maximum atomic E-state index is 9.75. The van der Waals surface area contributed by atoms with Crippen LogP contribution in [0.1, 0.15) is 18.1 Å². The Balaban J connectivity index is 2.46. The van der Waals surface area contributed by atoms with Crippen LogP contribution in [0.3, 0.4) is 0 Å². The number of benzene rings is 2. The first-order valence-electron chi connectivity index (χ1n) is 5.84. The molecule has 0 unspecified atom stereocenters. The highest BCUT2D eigenvalue weighted by atomic mass is 79.9. The summed E-state index contributed by atoms with van der Waals surface area (Å²) in [4.78, 5) is 0. The van der Waals surface area contributed by atoms with E-state index in [9.17, 15) is 10.2 Å². The molecule has 2 N–H and O–H groups in total. The molecule has 0 saturated carbocycles. The summed E-state index contributed by atoms with van der Waals surface area (Å²) in [5.74, 6) is 0.363. The van der Waals surface area contributed by atoms with Crippen LogP contribution in [0.4, 0.5) is 0 Å². The minimum absolute atomic E-state index is 0.180. The van der Waals surface area contributed by atoms with Gasteiger partial charge >= 0.3 is 0 Å². The van der Waals surface area contributed by atoms with Crippen molar-refractivity contribution < 1.29 is 10.2 Å². The number of halogens is 4. The molecule has 0 radical (unpaired) electrons. The normalized spacial score (nSPS) is 11.8. The van der Waals surface area contributed by atoms with E-state index in [0.29, 0.717) is 17.9 Å². The van der Waals surface area contributed by atoms with E-state index < -0.39 is 0 Å². The Hall–Kier alpha value is -0.300. The van der Waals surface area contributed by atoms with Gasteiger partial charge in [0.05, 0.1) is 17.9 Å². The van der Waals surface area contributed by atoms with Crippen molar-refractivity contribution in [1.82, 2.24) is 0 Å². The van der Waals surface area contributed by atoms with Crippen molar-refractivity contribution in [2.75, 3.05) is 0 Å². The molecule has 0 amide bonds. The smallest absolute Gasteiger partial charge is 0.143 e. The number of aromatic hydroxyl groups is 2. The van der Waals surface area contributed by atoms with Crippen LogP contribution in [0.25, 0.3) is 11.6 Å². The van der Waals surface area contributed by atoms with Gasteiger partial charge in [-0.15, -0.1) is 0 Å². The molecule has 0 saturated heterocycles. The van der Waals surface area contributed by atoms with E-state index in [4.69, 9.17) is 0 Å². The summed E-state index contributed by atoms with van der Waals surface area (Å²) in [6.45, 7) is 1.99. The summed E-state index contributed by atoms with van der Waals surface area (Å²) in [6.07, 6.45) is 2.00. The molecule has 0 aliphatic rings. The predicted octanol–water partition coefficient (Wildman–Crippen LogP) is 6.71. The van der Waals surface area contributed by atoms with E-state index in [1.165, 1.54) is 0 Å². The van der Waals surface area contributed by atoms with Crippen LogP contribution in [0.15, 0.2) is 42.2 Å². The maximum Gasteiger partial charge on any atom is 0.143 e. The molecule has 2 nitrogen and oxygen atoms in total. The number of phenols is 2. The summed E-state index contributed by atoms with van der Waals surface area (Å²) >= 11 is 13.3. The van der Waals surface area contributed by atoms with E-state index in [-0.39, 0.29) is 11.5 Å². The Bertz CT molecular complexity index is 692. The Labute approximate surface area is 156 Å². The number of allylic oxidation sites excluding steroid dienone is 1. The van der Waals surface area contributed by atoms with Crippen molar-refractivity contribution >= 4 is 75.4 Å². The predicted molar refractivity (Wildman–Crippen MR) is 101 cm³/mol. The third-order valence-electron chi connectivity index (χ3n) is 2.89. The Morgan fingerprint density at radius 3 is 1.62 bits per heavy atom. The van der Waals surface area contributed by atoms with Crippen LogP contribution < -0.4 is 0 Å². The summed E-state index contributed by atoms with van der Waals surface area (Å²) in [5, 5.41) is 19.5. The average Bonchev–Trinajstić information content (AvgIpc) is 2.41. The van der Waals surface area contributed by atoms with Crippen LogP contribution in [0.2, 0.25) is 0 Å². The molecule has 0 aliphatic heterocycles. The summed E-state index contributed by atoms with van der Waals surface area (Å²) in [5.41, 5.74) is 2.96. The lowest BCUT2D eigenvalue weighted by Crippen LogP contribution is -1.84. The molecule has 0 bridgehead atoms. The first-order valence-corrected chi connectivity index (χ1v) is 9.01. The van der Waals surface area contributed by atoms with Gasteiger partial charge in [0.15, 0.2) is 0 Å². The number of phenolic OH excluding ortho intramolecular Hbond substituents is 2. The first-order chi connectivity index (χ1) is 9.79. The molecular weight excluding hydrogens is 532 g/mol. The highest BCUT2D eigenvalue weighted by molar-refractivity contribution is 9.11. The molecule has 2 aromatic rings. The van der Waals surface area contributed by atoms with Gasteiger partial charge in [-0.1, -0.05) is 6.08 Å². The van der Waals surface area contributed by atoms with Crippen LogP contribution >= 0.6 is 63.7 Å². The van der Waals surface area contributed by atoms with Gasteiger partial charge in [0.2, 0.25) is 0 Å². The summed E-state index contributed by atoms with van der Waals surface area (Å²) < 4.78 is 2.52. The molecule has 2 rings (SSSR count). The van der Waals surface area contributed by atoms with Gasteiger partial charge in [0, 0.05) is 0 Å². The molecule has 6 heteroatoms. The van der Waals surface area contributed by atoms with Gasteiger partial charge in [-0.25, -0.2) is 0 Å². The summed E-state index contributed by atoms with van der Waals surface area (Å²) in [7, 11) is 0. The largest absolute Gasteiger partial charge is 0.506 e. The molecule has 0 atom stereocenters. The lowest BCUT2D eigenvalue weighted by Gasteiger charge is -2.08. The topological polar surface area (TPSA) is 40.5 Å². The lowest BCUT2D eigenvalue weighted by molar-refractivity contribution is 0.468. The van der Waals surface area contributed by atoms with Crippen molar-refractivity contribution in [2.45, 2.75) is 6.92 Å². The fourth-order valence-corrected chi connectivity index (χ4v) is 4.20. The van der Waals surface area contributed by atoms with Crippen molar-refractivity contribution in [3.05, 3.63) is 53.3 Å². The second-order valence-electron chi connectivity index (χ2n) is 4.45. The van der Waals surface area contributed by atoms with Crippen molar-refractivity contribution in [3.8, 4) is 11.5 Å². The third-order valence-corrected chi connectivity index (χ3v) is 5.31. The Morgan fingerprint density at radius 2 is 1.19 bits per heavy atom. The fraction of sp³-hybridized carbons (Fsp3) is 0.0667. The second kappa shape index (κ2) is 6.86. The minimum atomic E-state index is 0.180. The highest BCUT2D eigenvalue weighted by Crippen LogP contribution is 2.37. The number of hydrogen-bond donors (Lipinski definition) is 2. The molecule has 2 aromatic carbocycles.